The van der Waals surface area contributed by atoms with Crippen LogP contribution in [0.15, 0.2) is 48.5 Å². The fourth-order valence-electron chi connectivity index (χ4n) is 1.81. The highest BCUT2D eigenvalue weighted by Gasteiger charge is 2.10. The summed E-state index contributed by atoms with van der Waals surface area (Å²) in [6.07, 6.45) is 2.84. The summed E-state index contributed by atoms with van der Waals surface area (Å²) in [5.41, 5.74) is 0.792. The summed E-state index contributed by atoms with van der Waals surface area (Å²) in [4.78, 5) is 10.6. The van der Waals surface area contributed by atoms with Gasteiger partial charge in [-0.3, -0.25) is 9.78 Å². The highest BCUT2D eigenvalue weighted by atomic mass is 17.2. The van der Waals surface area contributed by atoms with E-state index in [-0.39, 0.29) is 5.75 Å². The maximum Gasteiger partial charge on any atom is 0.185 e. The smallest absolute Gasteiger partial charge is 0.185 e. The van der Waals surface area contributed by atoms with E-state index < -0.39 is 0 Å². The van der Waals surface area contributed by atoms with Crippen LogP contribution in [-0.4, -0.2) is 5.11 Å². The third-order valence-electron chi connectivity index (χ3n) is 2.86. The predicted octanol–water partition coefficient (Wildman–Crippen LogP) is 4.11. The largest absolute Gasteiger partial charge is 0.508 e. The summed E-state index contributed by atoms with van der Waals surface area (Å²) in [6, 6.07) is 14.5. The molecule has 0 unspecified atom stereocenters. The van der Waals surface area contributed by atoms with Gasteiger partial charge >= 0.3 is 0 Å². The third-order valence-corrected chi connectivity index (χ3v) is 2.86. The van der Waals surface area contributed by atoms with Crippen molar-refractivity contribution in [1.82, 2.24) is 0 Å². The third kappa shape index (κ3) is 3.65. The van der Waals surface area contributed by atoms with Crippen LogP contribution in [0.25, 0.3) is 0 Å². The highest BCUT2D eigenvalue weighted by Crippen LogP contribution is 2.29. The minimum Gasteiger partial charge on any atom is -0.508 e. The van der Waals surface area contributed by atoms with Gasteiger partial charge in [-0.25, -0.2) is 0 Å². The van der Waals surface area contributed by atoms with Gasteiger partial charge in [-0.05, 0) is 37.1 Å². The van der Waals surface area contributed by atoms with Gasteiger partial charge in [0.15, 0.2) is 11.5 Å². The molecule has 19 heavy (non-hydrogen) atoms. The molecule has 0 heterocycles. The Bertz CT molecular complexity index is 509. The van der Waals surface area contributed by atoms with Gasteiger partial charge in [0.05, 0.1) is 0 Å². The van der Waals surface area contributed by atoms with Gasteiger partial charge in [-0.1, -0.05) is 37.6 Å². The van der Waals surface area contributed by atoms with Crippen molar-refractivity contribution in [1.29, 1.82) is 0 Å². The van der Waals surface area contributed by atoms with Gasteiger partial charge in [0.1, 0.15) is 5.75 Å². The summed E-state index contributed by atoms with van der Waals surface area (Å²) in [6.45, 7) is 2.11. The summed E-state index contributed by atoms with van der Waals surface area (Å²) < 4.78 is 0. The summed E-state index contributed by atoms with van der Waals surface area (Å²) in [5, 5.41) is 9.88. The molecule has 0 amide bonds. The molecular formula is C16H18O3. The standard InChI is InChI=1S/C16H18O3/c1-2-3-10-14-15(17)11-7-12-16(14)19-18-13-8-5-4-6-9-13/h4-9,11-12,17H,2-3,10H2,1H3. The lowest BCUT2D eigenvalue weighted by Crippen LogP contribution is -2.03. The number of unbranched alkanes of at least 4 members (excludes halogenated alkanes) is 1. The second-order valence-corrected chi connectivity index (χ2v) is 4.34. The first-order chi connectivity index (χ1) is 9.31. The van der Waals surface area contributed by atoms with Crippen molar-refractivity contribution in [2.45, 2.75) is 26.2 Å². The molecule has 0 bridgehead atoms. The van der Waals surface area contributed by atoms with E-state index >= 15 is 0 Å². The SMILES string of the molecule is CCCCc1c(O)cccc1OOc1ccccc1. The lowest BCUT2D eigenvalue weighted by atomic mass is 10.1. The van der Waals surface area contributed by atoms with Crippen molar-refractivity contribution in [3.63, 3.8) is 0 Å². The minimum atomic E-state index is 0.252. The van der Waals surface area contributed by atoms with Crippen LogP contribution in [0.3, 0.4) is 0 Å². The molecule has 2 rings (SSSR count). The molecule has 0 radical (unpaired) electrons. The van der Waals surface area contributed by atoms with Crippen LogP contribution in [0.2, 0.25) is 0 Å². The zero-order valence-corrected chi connectivity index (χ0v) is 11.0. The van der Waals surface area contributed by atoms with E-state index in [0.29, 0.717) is 11.5 Å². The number of phenols is 1. The molecule has 2 aromatic carbocycles. The van der Waals surface area contributed by atoms with Crippen LogP contribution in [-0.2, 0) is 6.42 Å². The molecule has 0 fully saturated rings. The summed E-state index contributed by atoms with van der Waals surface area (Å²) >= 11 is 0. The average molecular weight is 258 g/mol. The molecule has 0 aliphatic rings. The molecule has 3 heteroatoms. The Morgan fingerprint density at radius 2 is 1.74 bits per heavy atom. The molecule has 2 aromatic rings. The number of para-hydroxylation sites is 1. The predicted molar refractivity (Wildman–Crippen MR) is 74.4 cm³/mol. The molecule has 0 aromatic heterocycles. The van der Waals surface area contributed by atoms with Crippen molar-refractivity contribution in [2.24, 2.45) is 0 Å². The number of benzene rings is 2. The van der Waals surface area contributed by atoms with Crippen LogP contribution < -0.4 is 9.78 Å². The maximum atomic E-state index is 9.88. The van der Waals surface area contributed by atoms with E-state index in [2.05, 4.69) is 6.92 Å². The van der Waals surface area contributed by atoms with Crippen LogP contribution >= 0.6 is 0 Å². The number of aromatic hydroxyl groups is 1. The van der Waals surface area contributed by atoms with E-state index in [1.807, 2.05) is 30.3 Å². The monoisotopic (exact) mass is 258 g/mol. The molecule has 0 aliphatic heterocycles. The number of rotatable bonds is 6. The van der Waals surface area contributed by atoms with E-state index in [4.69, 9.17) is 9.78 Å². The van der Waals surface area contributed by atoms with Crippen LogP contribution in [0, 0.1) is 0 Å². The van der Waals surface area contributed by atoms with E-state index in [1.54, 1.807) is 18.2 Å². The molecule has 0 atom stereocenters. The average Bonchev–Trinajstić information content (AvgIpc) is 2.45. The number of phenolic OH excluding ortho intramolecular Hbond substituents is 1. The van der Waals surface area contributed by atoms with Gasteiger partial charge in [0, 0.05) is 5.56 Å². The Morgan fingerprint density at radius 1 is 0.947 bits per heavy atom. The second kappa shape index (κ2) is 6.69. The molecule has 100 valence electrons. The Balaban J connectivity index is 2.09. The van der Waals surface area contributed by atoms with E-state index in [1.165, 1.54) is 0 Å². The Morgan fingerprint density at radius 3 is 2.47 bits per heavy atom. The maximum absolute atomic E-state index is 9.88. The molecule has 0 spiro atoms. The van der Waals surface area contributed by atoms with Crippen LogP contribution in [0.4, 0.5) is 0 Å². The van der Waals surface area contributed by atoms with Crippen LogP contribution in [0.5, 0.6) is 17.2 Å². The Labute approximate surface area is 113 Å². The highest BCUT2D eigenvalue weighted by molar-refractivity contribution is 5.43. The number of hydrogen-bond acceptors (Lipinski definition) is 3. The molecule has 0 saturated heterocycles. The van der Waals surface area contributed by atoms with Crippen molar-refractivity contribution in [3.05, 3.63) is 54.1 Å². The van der Waals surface area contributed by atoms with Gasteiger partial charge in [0.25, 0.3) is 0 Å². The molecule has 0 saturated carbocycles. The van der Waals surface area contributed by atoms with Crippen molar-refractivity contribution >= 4 is 0 Å². The molecule has 0 aliphatic carbocycles. The molecule has 3 nitrogen and oxygen atoms in total. The zero-order valence-electron chi connectivity index (χ0n) is 11.0. The van der Waals surface area contributed by atoms with Crippen LogP contribution in [0.1, 0.15) is 25.3 Å². The summed E-state index contributed by atoms with van der Waals surface area (Å²) in [5.74, 6) is 1.45. The lowest BCUT2D eigenvalue weighted by molar-refractivity contribution is -0.101. The van der Waals surface area contributed by atoms with Crippen molar-refractivity contribution in [2.75, 3.05) is 0 Å². The van der Waals surface area contributed by atoms with Gasteiger partial charge in [-0.2, -0.15) is 0 Å². The topological polar surface area (TPSA) is 38.7 Å². The van der Waals surface area contributed by atoms with Gasteiger partial charge in [-0.15, -0.1) is 0 Å². The first kappa shape index (κ1) is 13.3. The van der Waals surface area contributed by atoms with Gasteiger partial charge in [0.2, 0.25) is 0 Å². The molecule has 1 N–H and O–H groups in total. The fourth-order valence-corrected chi connectivity index (χ4v) is 1.81. The zero-order chi connectivity index (χ0) is 13.5. The van der Waals surface area contributed by atoms with Gasteiger partial charge < -0.3 is 5.11 Å². The number of hydrogen-bond donors (Lipinski definition) is 1. The first-order valence-electron chi connectivity index (χ1n) is 6.51. The van der Waals surface area contributed by atoms with E-state index in [9.17, 15) is 5.11 Å². The Kier molecular flexibility index (Phi) is 4.67. The lowest BCUT2D eigenvalue weighted by Gasteiger charge is -2.11. The normalized spacial score (nSPS) is 10.2. The quantitative estimate of drug-likeness (QED) is 0.626. The summed E-state index contributed by atoms with van der Waals surface area (Å²) in [7, 11) is 0. The first-order valence-corrected chi connectivity index (χ1v) is 6.51. The minimum absolute atomic E-state index is 0.252. The van der Waals surface area contributed by atoms with E-state index in [0.717, 1.165) is 24.8 Å². The molecular weight excluding hydrogens is 240 g/mol. The fraction of sp³-hybridized carbons (Fsp3) is 0.250. The van der Waals surface area contributed by atoms with Crippen molar-refractivity contribution in [3.8, 4) is 17.2 Å². The van der Waals surface area contributed by atoms with Crippen molar-refractivity contribution < 1.29 is 14.9 Å². The Hall–Kier alpha value is -2.16. The second-order valence-electron chi connectivity index (χ2n) is 4.34.